The van der Waals surface area contributed by atoms with Gasteiger partial charge >= 0.3 is 11.9 Å². The molecule has 38 heavy (non-hydrogen) atoms. The molecule has 0 aliphatic heterocycles. The van der Waals surface area contributed by atoms with E-state index in [1.165, 1.54) is 19.3 Å². The topological polar surface area (TPSA) is 85.6 Å². The molecule has 0 saturated carbocycles. The lowest BCUT2D eigenvalue weighted by Crippen LogP contribution is -2.33. The number of nitrogens with zero attached hydrogens (tertiary/aromatic N) is 4. The molecule has 0 aliphatic carbocycles. The maximum atomic E-state index is 13.9. The number of hydrogen-bond donors (Lipinski definition) is 1. The smallest absolute Gasteiger partial charge is 0.306 e. The Labute approximate surface area is 220 Å². The molecule has 190 valence electrons. The van der Waals surface area contributed by atoms with Crippen molar-refractivity contribution in [3.8, 4) is 27.3 Å². The molecule has 0 radical (unpaired) electrons. The number of fused-ring (bicyclic) bond motifs is 2. The minimum Gasteiger partial charge on any atom is -0.306 e. The molecule has 1 N–H and O–H groups in total. The number of rotatable bonds is 3. The predicted octanol–water partition coefficient (Wildman–Crippen LogP) is 6.03. The lowest BCUT2D eigenvalue weighted by atomic mass is 9.98. The summed E-state index contributed by atoms with van der Waals surface area (Å²) in [6.07, 6.45) is -0.460. The van der Waals surface area contributed by atoms with Gasteiger partial charge in [0, 0.05) is 45.0 Å². The lowest BCUT2D eigenvalue weighted by molar-refractivity contribution is -0.143. The summed E-state index contributed by atoms with van der Waals surface area (Å²) in [5, 5.41) is 5.41. The molecule has 2 aromatic carbocycles. The highest BCUT2D eigenvalue weighted by atomic mass is 35.5. The Bertz CT molecular complexity index is 2000. The molecule has 4 aromatic heterocycles. The van der Waals surface area contributed by atoms with E-state index in [0.29, 0.717) is 21.5 Å². The molecular weight excluding hydrogens is 539 g/mol. The van der Waals surface area contributed by atoms with Gasteiger partial charge in [0.1, 0.15) is 10.4 Å². The number of hydrogen-bond acceptors (Lipinski definition) is 5. The van der Waals surface area contributed by atoms with Gasteiger partial charge in [-0.15, -0.1) is 11.3 Å². The van der Waals surface area contributed by atoms with Crippen LogP contribution in [-0.4, -0.2) is 24.3 Å². The number of nitrogens with one attached hydrogen (secondary N) is 1. The van der Waals surface area contributed by atoms with Gasteiger partial charge in [-0.3, -0.25) is 14.5 Å². The molecule has 6 rings (SSSR count). The summed E-state index contributed by atoms with van der Waals surface area (Å²) in [5.41, 5.74) is -1.27. The number of aryl methyl sites for hydroxylation is 1. The second-order valence-electron chi connectivity index (χ2n) is 8.49. The predicted molar refractivity (Wildman–Crippen MR) is 141 cm³/mol. The highest BCUT2D eigenvalue weighted by molar-refractivity contribution is 7.22. The minimum absolute atomic E-state index is 0.150. The molecule has 0 spiro atoms. The van der Waals surface area contributed by atoms with Crippen LogP contribution in [-0.2, 0) is 13.2 Å². The minimum atomic E-state index is -4.66. The molecular formula is C26H15ClF3N5O2S. The number of halogens is 4. The highest BCUT2D eigenvalue weighted by Crippen LogP contribution is 2.45. The van der Waals surface area contributed by atoms with Crippen LogP contribution in [0.2, 0.25) is 5.02 Å². The average Bonchev–Trinajstić information content (AvgIpc) is 3.47. The Kier molecular flexibility index (Phi) is 5.51. The number of aromatic nitrogens is 5. The molecule has 12 heteroatoms. The Balaban J connectivity index is 1.60. The molecule has 0 aliphatic rings. The van der Waals surface area contributed by atoms with Gasteiger partial charge in [0.05, 0.1) is 23.6 Å². The lowest BCUT2D eigenvalue weighted by Gasteiger charge is -2.13. The summed E-state index contributed by atoms with van der Waals surface area (Å²) in [6.45, 7) is 0. The molecule has 0 amide bonds. The number of thiophene rings is 1. The van der Waals surface area contributed by atoms with Crippen LogP contribution in [0.3, 0.4) is 0 Å². The summed E-state index contributed by atoms with van der Waals surface area (Å²) < 4.78 is 43.6. The normalized spacial score (nSPS) is 12.0. The number of alkyl halides is 3. The fraction of sp³-hybridized carbons (Fsp3) is 0.0769. The van der Waals surface area contributed by atoms with Crippen LogP contribution >= 0.6 is 22.9 Å². The van der Waals surface area contributed by atoms with Crippen LogP contribution < -0.4 is 11.2 Å². The first kappa shape index (κ1) is 24.1. The zero-order valence-corrected chi connectivity index (χ0v) is 20.9. The maximum absolute atomic E-state index is 13.9. The van der Waals surface area contributed by atoms with Crippen molar-refractivity contribution in [3.05, 3.63) is 98.7 Å². The third kappa shape index (κ3) is 3.74. The van der Waals surface area contributed by atoms with E-state index in [4.69, 9.17) is 11.6 Å². The maximum Gasteiger partial charge on any atom is 0.433 e. The van der Waals surface area contributed by atoms with Gasteiger partial charge in [0.15, 0.2) is 0 Å². The first-order valence-electron chi connectivity index (χ1n) is 11.2. The quantitative estimate of drug-likeness (QED) is 0.290. The van der Waals surface area contributed by atoms with E-state index < -0.39 is 23.1 Å². The van der Waals surface area contributed by atoms with Gasteiger partial charge in [-0.2, -0.15) is 18.3 Å². The van der Waals surface area contributed by atoms with Crippen molar-refractivity contribution in [3.63, 3.8) is 0 Å². The van der Waals surface area contributed by atoms with Crippen molar-refractivity contribution >= 4 is 43.9 Å². The second-order valence-corrected chi connectivity index (χ2v) is 9.95. The van der Waals surface area contributed by atoms with Crippen molar-refractivity contribution in [2.45, 2.75) is 6.18 Å². The Morgan fingerprint density at radius 1 is 1.00 bits per heavy atom. The van der Waals surface area contributed by atoms with Gasteiger partial charge in [0.25, 0.3) is 5.56 Å². The molecule has 0 unspecified atom stereocenters. The van der Waals surface area contributed by atoms with Gasteiger partial charge in [-0.25, -0.2) is 9.36 Å². The van der Waals surface area contributed by atoms with E-state index in [1.807, 2.05) is 12.1 Å². The van der Waals surface area contributed by atoms with Gasteiger partial charge in [-0.1, -0.05) is 48.0 Å². The summed E-state index contributed by atoms with van der Waals surface area (Å²) in [4.78, 5) is 34.0. The summed E-state index contributed by atoms with van der Waals surface area (Å²) in [6, 6.07) is 13.4. The van der Waals surface area contributed by atoms with E-state index in [2.05, 4.69) is 15.1 Å². The fourth-order valence-electron chi connectivity index (χ4n) is 4.60. The average molecular weight is 554 g/mol. The fourth-order valence-corrected chi connectivity index (χ4v) is 6.05. The van der Waals surface area contributed by atoms with Crippen LogP contribution in [0.5, 0.6) is 0 Å². The highest BCUT2D eigenvalue weighted by Gasteiger charge is 2.38. The van der Waals surface area contributed by atoms with Crippen LogP contribution in [0.4, 0.5) is 13.2 Å². The number of benzene rings is 2. The number of pyridine rings is 1. The monoisotopic (exact) mass is 553 g/mol. The molecule has 0 atom stereocenters. The third-order valence-electron chi connectivity index (χ3n) is 6.22. The largest absolute Gasteiger partial charge is 0.433 e. The van der Waals surface area contributed by atoms with Crippen molar-refractivity contribution in [1.29, 1.82) is 0 Å². The van der Waals surface area contributed by atoms with Crippen molar-refractivity contribution in [2.75, 3.05) is 0 Å². The Hall–Kier alpha value is -4.22. The van der Waals surface area contributed by atoms with Gasteiger partial charge in [0.2, 0.25) is 0 Å². The van der Waals surface area contributed by atoms with E-state index in [1.54, 1.807) is 36.5 Å². The van der Waals surface area contributed by atoms with Crippen LogP contribution in [0.15, 0.2) is 76.7 Å². The van der Waals surface area contributed by atoms with E-state index in [0.717, 1.165) is 32.2 Å². The van der Waals surface area contributed by atoms with Crippen molar-refractivity contribution < 1.29 is 13.2 Å². The summed E-state index contributed by atoms with van der Waals surface area (Å²) in [5.74, 6) is 0. The Morgan fingerprint density at radius 3 is 2.58 bits per heavy atom. The molecule has 4 heterocycles. The first-order valence-corrected chi connectivity index (χ1v) is 12.3. The first-order chi connectivity index (χ1) is 18.1. The zero-order chi connectivity index (χ0) is 26.8. The zero-order valence-electron chi connectivity index (χ0n) is 19.4. The molecule has 7 nitrogen and oxygen atoms in total. The second kappa shape index (κ2) is 8.67. The SMILES string of the molecule is Cn1ncc(-c2cccc(Cl)c2-c2cc3[nH]c(=O)n(-c4cncc5ccccc45)c(=O)c3s2)c1C(F)(F)F. The van der Waals surface area contributed by atoms with Gasteiger partial charge < -0.3 is 4.98 Å². The van der Waals surface area contributed by atoms with Crippen molar-refractivity contribution in [2.24, 2.45) is 7.05 Å². The molecule has 6 aromatic rings. The third-order valence-corrected chi connectivity index (χ3v) is 7.68. The van der Waals surface area contributed by atoms with Gasteiger partial charge in [-0.05, 0) is 17.7 Å². The van der Waals surface area contributed by atoms with Crippen LogP contribution in [0, 0.1) is 0 Å². The van der Waals surface area contributed by atoms with E-state index in [-0.39, 0.29) is 26.4 Å². The van der Waals surface area contributed by atoms with E-state index >= 15 is 0 Å². The molecule has 0 saturated heterocycles. The summed E-state index contributed by atoms with van der Waals surface area (Å²) in [7, 11) is 1.21. The van der Waals surface area contributed by atoms with E-state index in [9.17, 15) is 22.8 Å². The van der Waals surface area contributed by atoms with Crippen LogP contribution in [0.25, 0.3) is 48.2 Å². The summed E-state index contributed by atoms with van der Waals surface area (Å²) >= 11 is 7.54. The van der Waals surface area contributed by atoms with Crippen molar-refractivity contribution in [1.82, 2.24) is 24.3 Å². The standard InChI is InChI=1S/C26H15ClF3N5O2S/c1-34-23(26(28,29)30)16(11-32-34)15-7-4-8-17(27)21(15)20-9-18-22(38-20)24(36)35(25(37)33-18)19-12-31-10-13-5-2-3-6-14(13)19/h2-12H,1H3,(H,33,37). The molecule has 0 bridgehead atoms. The number of H-pyrrole nitrogens is 1. The number of aromatic amines is 1. The molecule has 0 fully saturated rings. The van der Waals surface area contributed by atoms with Crippen LogP contribution in [0.1, 0.15) is 5.69 Å². The Morgan fingerprint density at radius 2 is 1.79 bits per heavy atom.